The summed E-state index contributed by atoms with van der Waals surface area (Å²) in [6.45, 7) is 10.2. The van der Waals surface area contributed by atoms with Gasteiger partial charge in [-0.3, -0.25) is 14.4 Å². The number of alkyl carbamates (subject to hydrolysis) is 1. The molecule has 224 valence electrons. The lowest BCUT2D eigenvalue weighted by molar-refractivity contribution is -0.313. The number of hydrogen-bond donors (Lipinski definition) is 1. The van der Waals surface area contributed by atoms with Crippen LogP contribution in [0, 0.1) is 11.8 Å². The van der Waals surface area contributed by atoms with Gasteiger partial charge in [0.05, 0.1) is 18.2 Å². The molecule has 10 atom stereocenters. The Morgan fingerprint density at radius 3 is 1.90 bits per heavy atom. The molecule has 0 radical (unpaired) electrons. The third kappa shape index (κ3) is 10.1. The minimum absolute atomic E-state index is 0.00891. The van der Waals surface area contributed by atoms with Gasteiger partial charge in [-0.25, -0.2) is 4.79 Å². The van der Waals surface area contributed by atoms with E-state index in [1.807, 2.05) is 20.8 Å². The molecule has 0 aromatic carbocycles. The summed E-state index contributed by atoms with van der Waals surface area (Å²) in [6.07, 6.45) is -7.29. The Bertz CT molecular complexity index is 886. The van der Waals surface area contributed by atoms with Crippen LogP contribution in [0.15, 0.2) is 0 Å². The fourth-order valence-corrected chi connectivity index (χ4v) is 4.65. The van der Waals surface area contributed by atoms with Gasteiger partial charge in [0, 0.05) is 26.7 Å². The zero-order chi connectivity index (χ0) is 29.7. The number of carbonyl (C=O) groups excluding carboxylic acids is 4. The summed E-state index contributed by atoms with van der Waals surface area (Å²) in [7, 11) is 0. The van der Waals surface area contributed by atoms with Crippen LogP contribution in [0.3, 0.4) is 0 Å². The van der Waals surface area contributed by atoms with Crippen LogP contribution in [-0.4, -0.2) is 90.0 Å². The van der Waals surface area contributed by atoms with E-state index in [9.17, 15) is 19.2 Å². The zero-order valence-corrected chi connectivity index (χ0v) is 25.1. The lowest BCUT2D eigenvalue weighted by Crippen LogP contribution is -2.67. The highest BCUT2D eigenvalue weighted by atomic mass is 35.6. The fraction of sp³-hybridized carbons (Fsp3) is 0.833. The van der Waals surface area contributed by atoms with Crippen molar-refractivity contribution in [2.45, 2.75) is 101 Å². The molecule has 2 aliphatic rings. The van der Waals surface area contributed by atoms with E-state index in [4.69, 9.17) is 68.0 Å². The second kappa shape index (κ2) is 14.4. The first-order valence-electron chi connectivity index (χ1n) is 12.4. The highest BCUT2D eigenvalue weighted by Gasteiger charge is 2.52. The van der Waals surface area contributed by atoms with Crippen LogP contribution < -0.4 is 5.32 Å². The van der Waals surface area contributed by atoms with Crippen LogP contribution >= 0.6 is 34.8 Å². The van der Waals surface area contributed by atoms with E-state index in [-0.39, 0.29) is 24.5 Å². The van der Waals surface area contributed by atoms with Crippen molar-refractivity contribution in [2.75, 3.05) is 13.2 Å². The van der Waals surface area contributed by atoms with E-state index in [1.54, 1.807) is 6.92 Å². The molecule has 1 amide bonds. The molecule has 2 saturated heterocycles. The molecule has 0 aliphatic carbocycles. The highest BCUT2D eigenvalue weighted by Crippen LogP contribution is 2.36. The van der Waals surface area contributed by atoms with Gasteiger partial charge >= 0.3 is 24.0 Å². The largest absolute Gasteiger partial charge is 0.463 e. The molecule has 0 spiro atoms. The number of esters is 3. The Labute approximate surface area is 242 Å². The molecular formula is C24H36Cl3NO11. The molecule has 15 heteroatoms. The van der Waals surface area contributed by atoms with Gasteiger partial charge in [-0.2, -0.15) is 0 Å². The Hall–Kier alpha value is -1.57. The Morgan fingerprint density at radius 2 is 1.36 bits per heavy atom. The number of ether oxygens (including phenoxy) is 7. The number of hydrogen-bond acceptors (Lipinski definition) is 11. The van der Waals surface area contributed by atoms with Crippen LogP contribution in [0.25, 0.3) is 0 Å². The van der Waals surface area contributed by atoms with E-state index >= 15 is 0 Å². The van der Waals surface area contributed by atoms with Crippen molar-refractivity contribution >= 4 is 58.8 Å². The highest BCUT2D eigenvalue weighted by molar-refractivity contribution is 6.67. The predicted molar refractivity (Wildman–Crippen MR) is 138 cm³/mol. The van der Waals surface area contributed by atoms with Crippen molar-refractivity contribution in [3.8, 4) is 0 Å². The number of halogens is 3. The van der Waals surface area contributed by atoms with Gasteiger partial charge in [0.2, 0.25) is 3.79 Å². The average molecular weight is 621 g/mol. The molecule has 0 aromatic heterocycles. The Kier molecular flexibility index (Phi) is 12.4. The summed E-state index contributed by atoms with van der Waals surface area (Å²) < 4.78 is 37.8. The van der Waals surface area contributed by atoms with Crippen molar-refractivity contribution in [2.24, 2.45) is 11.8 Å². The maximum atomic E-state index is 12.6. The standard InChI is InChI=1S/C24H36Cl3NO11/c1-10-11(2)19(37-15(6)30)22(36-12(10)3)39-21-18(28-23(32)34-9-24(25,26)27)13(4)35-17(8-33-14(5)29)20(21)38-16(7)31/h10-13,17-22H,8-9H2,1-7H3,(H,28,32)/t10-,11-,12?,13-,17?,18?,19?,20-,21+,22-/m0/s1. The van der Waals surface area contributed by atoms with Crippen molar-refractivity contribution in [1.82, 2.24) is 5.32 Å². The molecule has 2 heterocycles. The van der Waals surface area contributed by atoms with Crippen molar-refractivity contribution in [1.29, 1.82) is 0 Å². The summed E-state index contributed by atoms with van der Waals surface area (Å²) in [5.41, 5.74) is 0. The topological polar surface area (TPSA) is 145 Å². The summed E-state index contributed by atoms with van der Waals surface area (Å²) in [5.74, 6) is -1.98. The smallest absolute Gasteiger partial charge is 0.407 e. The molecule has 12 nitrogen and oxygen atoms in total. The minimum atomic E-state index is -1.85. The molecule has 2 aliphatic heterocycles. The van der Waals surface area contributed by atoms with Gasteiger partial charge in [-0.15, -0.1) is 0 Å². The van der Waals surface area contributed by atoms with Crippen LogP contribution in [0.2, 0.25) is 0 Å². The van der Waals surface area contributed by atoms with E-state index in [1.165, 1.54) is 20.8 Å². The van der Waals surface area contributed by atoms with Gasteiger partial charge in [-0.05, 0) is 19.8 Å². The van der Waals surface area contributed by atoms with E-state index in [0.717, 1.165) is 0 Å². The number of rotatable bonds is 8. The predicted octanol–water partition coefficient (Wildman–Crippen LogP) is 3.07. The van der Waals surface area contributed by atoms with Gasteiger partial charge in [-0.1, -0.05) is 48.7 Å². The van der Waals surface area contributed by atoms with E-state index in [2.05, 4.69) is 5.32 Å². The van der Waals surface area contributed by atoms with Crippen LogP contribution in [0.4, 0.5) is 4.79 Å². The molecule has 2 fully saturated rings. The second-order valence-electron chi connectivity index (χ2n) is 9.72. The maximum Gasteiger partial charge on any atom is 0.407 e. The summed E-state index contributed by atoms with van der Waals surface area (Å²) >= 11 is 17.0. The summed E-state index contributed by atoms with van der Waals surface area (Å²) in [6, 6.07) is -1.00. The second-order valence-corrected chi connectivity index (χ2v) is 12.2. The van der Waals surface area contributed by atoms with E-state index in [0.29, 0.717) is 0 Å². The molecule has 39 heavy (non-hydrogen) atoms. The average Bonchev–Trinajstić information content (AvgIpc) is 2.80. The fourth-order valence-electron chi connectivity index (χ4n) is 4.48. The molecular weight excluding hydrogens is 585 g/mol. The van der Waals surface area contributed by atoms with Crippen LogP contribution in [-0.2, 0) is 47.5 Å². The summed E-state index contributed by atoms with van der Waals surface area (Å²) in [4.78, 5) is 48.2. The first-order valence-corrected chi connectivity index (χ1v) is 13.6. The Balaban J connectivity index is 2.45. The van der Waals surface area contributed by atoms with Crippen molar-refractivity contribution in [3.63, 3.8) is 0 Å². The van der Waals surface area contributed by atoms with Gasteiger partial charge in [0.25, 0.3) is 0 Å². The third-order valence-electron chi connectivity index (χ3n) is 6.64. The third-order valence-corrected chi connectivity index (χ3v) is 6.97. The van der Waals surface area contributed by atoms with Crippen molar-refractivity contribution < 1.29 is 52.3 Å². The molecule has 0 aromatic rings. The van der Waals surface area contributed by atoms with Crippen LogP contribution in [0.5, 0.6) is 0 Å². The SMILES string of the molecule is CC(=O)OCC1O[C@@H](C)C(NC(=O)OCC(Cl)(Cl)Cl)[C@@H](O[C@@H]2OC(C)[C@@H](C)[C@H](C)C2OC(C)=O)[C@H]1OC(C)=O. The van der Waals surface area contributed by atoms with Gasteiger partial charge < -0.3 is 38.5 Å². The van der Waals surface area contributed by atoms with Gasteiger partial charge in [0.15, 0.2) is 18.5 Å². The number of nitrogens with one attached hydrogen (secondary N) is 1. The molecule has 2 rings (SSSR count). The lowest BCUT2D eigenvalue weighted by Gasteiger charge is -2.48. The zero-order valence-electron chi connectivity index (χ0n) is 22.8. The minimum Gasteiger partial charge on any atom is -0.463 e. The first kappa shape index (κ1) is 33.6. The number of alkyl halides is 3. The number of amides is 1. The quantitative estimate of drug-likeness (QED) is 0.243. The van der Waals surface area contributed by atoms with Crippen LogP contribution in [0.1, 0.15) is 48.5 Å². The summed E-state index contributed by atoms with van der Waals surface area (Å²) in [5, 5.41) is 2.61. The van der Waals surface area contributed by atoms with Gasteiger partial charge in [0.1, 0.15) is 25.4 Å². The monoisotopic (exact) mass is 619 g/mol. The molecule has 0 bridgehead atoms. The molecule has 4 unspecified atom stereocenters. The van der Waals surface area contributed by atoms with E-state index < -0.39 is 77.3 Å². The lowest BCUT2D eigenvalue weighted by atomic mass is 9.84. The van der Waals surface area contributed by atoms with Crippen molar-refractivity contribution in [3.05, 3.63) is 0 Å². The first-order chi connectivity index (χ1) is 18.0. The molecule has 1 N–H and O–H groups in total. The molecule has 0 saturated carbocycles. The maximum absolute atomic E-state index is 12.6. The number of carbonyl (C=O) groups is 4. The Morgan fingerprint density at radius 1 is 0.769 bits per heavy atom. The normalized spacial score (nSPS) is 34.9.